The SMILES string of the molecule is Cc1cc(N(c2ccc(Br)cc2)c2ccc(Br)cc2)ccc1-c1ccc2c(c1)C1(C)CCC2(C)CC1. The molecule has 1 fully saturated rings. The van der Waals surface area contributed by atoms with Crippen LogP contribution in [0.1, 0.15) is 56.2 Å². The standard InChI is InChI=1S/C33H31Br2N/c1-22-20-28(36(26-9-5-24(34)6-10-26)27-11-7-25(35)8-12-27)13-14-29(22)23-4-15-30-31(21-23)33(3)18-16-32(30,2)17-19-33/h4-15,20-21H,16-19H2,1-3H3. The van der Waals surface area contributed by atoms with Gasteiger partial charge in [0.1, 0.15) is 0 Å². The van der Waals surface area contributed by atoms with Crippen LogP contribution < -0.4 is 4.90 Å². The number of nitrogens with zero attached hydrogens (tertiary/aromatic N) is 1. The maximum atomic E-state index is 3.58. The van der Waals surface area contributed by atoms with Gasteiger partial charge < -0.3 is 4.90 Å². The van der Waals surface area contributed by atoms with Crippen molar-refractivity contribution in [2.45, 2.75) is 57.3 Å². The lowest BCUT2D eigenvalue weighted by molar-refractivity contribution is 0.188. The van der Waals surface area contributed by atoms with E-state index in [1.165, 1.54) is 42.4 Å². The first-order valence-corrected chi connectivity index (χ1v) is 14.4. The van der Waals surface area contributed by atoms with Gasteiger partial charge in [0, 0.05) is 26.0 Å². The molecule has 4 aromatic carbocycles. The van der Waals surface area contributed by atoms with Crippen molar-refractivity contribution in [3.8, 4) is 11.1 Å². The minimum atomic E-state index is 0.330. The molecule has 4 aromatic rings. The predicted molar refractivity (Wildman–Crippen MR) is 160 cm³/mol. The average Bonchev–Trinajstić information content (AvgIpc) is 2.88. The molecule has 0 N–H and O–H groups in total. The second-order valence-electron chi connectivity index (χ2n) is 11.2. The van der Waals surface area contributed by atoms with Gasteiger partial charge in [0.2, 0.25) is 0 Å². The van der Waals surface area contributed by atoms with Crippen molar-refractivity contribution in [2.75, 3.05) is 4.90 Å². The van der Waals surface area contributed by atoms with Gasteiger partial charge in [0.05, 0.1) is 0 Å². The zero-order valence-electron chi connectivity index (χ0n) is 21.1. The molecule has 0 aliphatic heterocycles. The summed E-state index contributed by atoms with van der Waals surface area (Å²) >= 11 is 7.17. The Labute approximate surface area is 231 Å². The van der Waals surface area contributed by atoms with Crippen molar-refractivity contribution in [1.29, 1.82) is 0 Å². The third-order valence-electron chi connectivity index (χ3n) is 8.73. The number of rotatable bonds is 4. The van der Waals surface area contributed by atoms with E-state index in [-0.39, 0.29) is 0 Å². The monoisotopic (exact) mass is 599 g/mol. The summed E-state index contributed by atoms with van der Waals surface area (Å²) in [6, 6.07) is 31.3. The number of fused-ring (bicyclic) bond motifs is 2. The molecular formula is C33H31Br2N. The van der Waals surface area contributed by atoms with Gasteiger partial charge in [-0.3, -0.25) is 0 Å². The Morgan fingerprint density at radius 1 is 0.583 bits per heavy atom. The van der Waals surface area contributed by atoms with Crippen LogP contribution in [0.2, 0.25) is 0 Å². The molecular weight excluding hydrogens is 570 g/mol. The summed E-state index contributed by atoms with van der Waals surface area (Å²) in [6.45, 7) is 7.20. The van der Waals surface area contributed by atoms with Crippen LogP contribution in [-0.4, -0.2) is 0 Å². The lowest BCUT2D eigenvalue weighted by atomic mass is 9.52. The number of hydrogen-bond donors (Lipinski definition) is 0. The molecule has 0 aromatic heterocycles. The molecule has 3 aliphatic carbocycles. The van der Waals surface area contributed by atoms with E-state index in [9.17, 15) is 0 Å². The van der Waals surface area contributed by atoms with Crippen LogP contribution in [0.15, 0.2) is 93.9 Å². The zero-order valence-corrected chi connectivity index (χ0v) is 24.3. The zero-order chi connectivity index (χ0) is 25.1. The van der Waals surface area contributed by atoms with E-state index in [2.05, 4.69) is 142 Å². The molecule has 0 amide bonds. The average molecular weight is 601 g/mol. The molecule has 0 atom stereocenters. The fourth-order valence-corrected chi connectivity index (χ4v) is 6.90. The smallest absolute Gasteiger partial charge is 0.0464 e. The van der Waals surface area contributed by atoms with Gasteiger partial charge in [-0.1, -0.05) is 70.0 Å². The summed E-state index contributed by atoms with van der Waals surface area (Å²) < 4.78 is 2.16. The maximum Gasteiger partial charge on any atom is 0.0464 e. The van der Waals surface area contributed by atoms with Crippen molar-refractivity contribution in [3.05, 3.63) is 111 Å². The van der Waals surface area contributed by atoms with Crippen molar-refractivity contribution in [2.24, 2.45) is 0 Å². The summed E-state index contributed by atoms with van der Waals surface area (Å²) in [5.41, 5.74) is 11.3. The largest absolute Gasteiger partial charge is 0.310 e. The second-order valence-corrected chi connectivity index (χ2v) is 13.0. The summed E-state index contributed by atoms with van der Waals surface area (Å²) in [5, 5.41) is 0. The van der Waals surface area contributed by atoms with Crippen LogP contribution >= 0.6 is 31.9 Å². The molecule has 2 bridgehead atoms. The minimum Gasteiger partial charge on any atom is -0.310 e. The highest BCUT2D eigenvalue weighted by atomic mass is 79.9. The first-order chi connectivity index (χ1) is 17.3. The molecule has 3 heteroatoms. The van der Waals surface area contributed by atoms with Crippen molar-refractivity contribution >= 4 is 48.9 Å². The van der Waals surface area contributed by atoms with Gasteiger partial charge >= 0.3 is 0 Å². The Hall–Kier alpha value is -2.36. The fraction of sp³-hybridized carbons (Fsp3) is 0.273. The van der Waals surface area contributed by atoms with E-state index in [0.717, 1.165) is 26.0 Å². The molecule has 7 rings (SSSR count). The normalized spacial score (nSPS) is 22.4. The Morgan fingerprint density at radius 2 is 1.08 bits per heavy atom. The molecule has 0 saturated heterocycles. The van der Waals surface area contributed by atoms with Crippen LogP contribution in [-0.2, 0) is 10.8 Å². The third-order valence-corrected chi connectivity index (χ3v) is 9.78. The van der Waals surface area contributed by atoms with Crippen molar-refractivity contribution in [1.82, 2.24) is 0 Å². The highest BCUT2D eigenvalue weighted by Gasteiger charge is 2.47. The molecule has 3 aliphatic rings. The first kappa shape index (κ1) is 24.0. The van der Waals surface area contributed by atoms with Crippen molar-refractivity contribution in [3.63, 3.8) is 0 Å². The van der Waals surface area contributed by atoms with Gasteiger partial charge in [0.15, 0.2) is 0 Å². The van der Waals surface area contributed by atoms with Crippen LogP contribution in [0.3, 0.4) is 0 Å². The van der Waals surface area contributed by atoms with Crippen LogP contribution in [0.4, 0.5) is 17.1 Å². The molecule has 36 heavy (non-hydrogen) atoms. The molecule has 0 spiro atoms. The number of halogens is 2. The second kappa shape index (κ2) is 8.89. The Kier molecular flexibility index (Phi) is 5.92. The van der Waals surface area contributed by atoms with Gasteiger partial charge in [-0.2, -0.15) is 0 Å². The quantitative estimate of drug-likeness (QED) is 0.225. The van der Waals surface area contributed by atoms with Crippen LogP contribution in [0.25, 0.3) is 11.1 Å². The first-order valence-electron chi connectivity index (χ1n) is 12.8. The maximum absolute atomic E-state index is 3.58. The van der Waals surface area contributed by atoms with E-state index in [0.29, 0.717) is 10.8 Å². The van der Waals surface area contributed by atoms with Crippen LogP contribution in [0.5, 0.6) is 0 Å². The number of benzene rings is 4. The number of hydrogen-bond acceptors (Lipinski definition) is 1. The van der Waals surface area contributed by atoms with E-state index >= 15 is 0 Å². The van der Waals surface area contributed by atoms with Gasteiger partial charge in [-0.25, -0.2) is 0 Å². The number of aryl methyl sites for hydroxylation is 1. The Balaban J connectivity index is 1.42. The van der Waals surface area contributed by atoms with E-state index in [4.69, 9.17) is 0 Å². The fourth-order valence-electron chi connectivity index (χ4n) is 6.37. The van der Waals surface area contributed by atoms with Gasteiger partial charge in [-0.15, -0.1) is 0 Å². The Bertz CT molecular complexity index is 1380. The summed E-state index contributed by atoms with van der Waals surface area (Å²) in [7, 11) is 0. The van der Waals surface area contributed by atoms with Crippen molar-refractivity contribution < 1.29 is 0 Å². The summed E-state index contributed by atoms with van der Waals surface area (Å²) in [5.74, 6) is 0. The molecule has 182 valence electrons. The van der Waals surface area contributed by atoms with Gasteiger partial charge in [-0.05, 0) is 132 Å². The van der Waals surface area contributed by atoms with Crippen LogP contribution in [0, 0.1) is 6.92 Å². The lowest BCUT2D eigenvalue weighted by Crippen LogP contribution is -2.44. The van der Waals surface area contributed by atoms with E-state index < -0.39 is 0 Å². The third kappa shape index (κ3) is 4.05. The van der Waals surface area contributed by atoms with E-state index in [1.807, 2.05) is 0 Å². The summed E-state index contributed by atoms with van der Waals surface area (Å²) in [6.07, 6.45) is 5.28. The van der Waals surface area contributed by atoms with E-state index in [1.54, 1.807) is 11.1 Å². The summed E-state index contributed by atoms with van der Waals surface area (Å²) in [4.78, 5) is 2.32. The lowest BCUT2D eigenvalue weighted by Gasteiger charge is -2.52. The topological polar surface area (TPSA) is 3.24 Å². The molecule has 1 saturated carbocycles. The molecule has 0 unspecified atom stereocenters. The highest BCUT2D eigenvalue weighted by molar-refractivity contribution is 9.10. The Morgan fingerprint density at radius 3 is 1.61 bits per heavy atom. The molecule has 1 nitrogen and oxygen atoms in total. The minimum absolute atomic E-state index is 0.330. The predicted octanol–water partition coefficient (Wildman–Crippen LogP) is 10.8. The molecule has 0 heterocycles. The highest BCUT2D eigenvalue weighted by Crippen LogP contribution is 2.56. The van der Waals surface area contributed by atoms with Gasteiger partial charge in [0.25, 0.3) is 0 Å². The number of anilines is 3. The molecule has 0 radical (unpaired) electrons.